The fourth-order valence-corrected chi connectivity index (χ4v) is 4.43. The van der Waals surface area contributed by atoms with Crippen molar-refractivity contribution in [3.05, 3.63) is 58.1 Å². The molecule has 1 N–H and O–H groups in total. The average Bonchev–Trinajstić information content (AvgIpc) is 3.47. The van der Waals surface area contributed by atoms with Gasteiger partial charge in [-0.2, -0.15) is 4.98 Å². The highest BCUT2D eigenvalue weighted by Crippen LogP contribution is 2.17. The number of rotatable bonds is 8. The average molecular weight is 440 g/mol. The largest absolute Gasteiger partial charge is 0.354 e. The number of benzene rings is 1. The molecular formula is C23H29N5O2S. The number of amides is 1. The van der Waals surface area contributed by atoms with E-state index < -0.39 is 0 Å². The number of carbonyl (C=O) groups excluding carboxylic acids is 1. The summed E-state index contributed by atoms with van der Waals surface area (Å²) in [6, 6.07) is 12.1. The van der Waals surface area contributed by atoms with Crippen LogP contribution in [0.2, 0.25) is 0 Å². The molecule has 3 aromatic rings. The maximum Gasteiger partial charge on any atom is 0.241 e. The number of piperazine rings is 1. The molecule has 4 rings (SSSR count). The standard InChI is InChI=1S/C23H29N5O2S/c1-17-5-7-19(8-6-17)22-25-21(30-26-22)16-27-11-13-28(14-12-27)18(2)23(29)24-10-9-20-4-3-15-31-20/h3-8,15,18H,9-14,16H2,1-2H3,(H,24,29). The summed E-state index contributed by atoms with van der Waals surface area (Å²) in [5, 5.41) is 9.26. The van der Waals surface area contributed by atoms with E-state index in [4.69, 9.17) is 4.52 Å². The van der Waals surface area contributed by atoms with Crippen molar-refractivity contribution >= 4 is 17.2 Å². The maximum atomic E-state index is 12.5. The number of hydrogen-bond donors (Lipinski definition) is 1. The van der Waals surface area contributed by atoms with Gasteiger partial charge in [0, 0.05) is 43.2 Å². The van der Waals surface area contributed by atoms with Gasteiger partial charge in [-0.1, -0.05) is 41.1 Å². The Bertz CT molecular complexity index is 962. The molecule has 1 unspecified atom stereocenters. The normalized spacial score (nSPS) is 16.3. The van der Waals surface area contributed by atoms with Crippen molar-refractivity contribution in [3.63, 3.8) is 0 Å². The molecule has 1 aromatic carbocycles. The van der Waals surface area contributed by atoms with Crippen LogP contribution in [0.5, 0.6) is 0 Å². The maximum absolute atomic E-state index is 12.5. The second kappa shape index (κ2) is 10.2. The van der Waals surface area contributed by atoms with Crippen LogP contribution >= 0.6 is 11.3 Å². The first kappa shape index (κ1) is 21.7. The minimum absolute atomic E-state index is 0.102. The van der Waals surface area contributed by atoms with Crippen LogP contribution in [0.1, 0.15) is 23.3 Å². The lowest BCUT2D eigenvalue weighted by Gasteiger charge is -2.36. The third-order valence-corrected chi connectivity index (χ3v) is 6.66. The summed E-state index contributed by atoms with van der Waals surface area (Å²) >= 11 is 1.73. The molecule has 1 fully saturated rings. The van der Waals surface area contributed by atoms with E-state index >= 15 is 0 Å². The van der Waals surface area contributed by atoms with Gasteiger partial charge >= 0.3 is 0 Å². The van der Waals surface area contributed by atoms with Crippen molar-refractivity contribution in [1.82, 2.24) is 25.3 Å². The molecule has 7 nitrogen and oxygen atoms in total. The minimum atomic E-state index is -0.123. The third kappa shape index (κ3) is 5.78. The lowest BCUT2D eigenvalue weighted by molar-refractivity contribution is -0.126. The predicted octanol–water partition coefficient (Wildman–Crippen LogP) is 2.97. The lowest BCUT2D eigenvalue weighted by atomic mass is 10.1. The molecule has 8 heteroatoms. The van der Waals surface area contributed by atoms with Gasteiger partial charge in [0.1, 0.15) is 0 Å². The first-order chi connectivity index (χ1) is 15.1. The highest BCUT2D eigenvalue weighted by Gasteiger charge is 2.26. The first-order valence-corrected chi connectivity index (χ1v) is 11.6. The Hall–Kier alpha value is -2.55. The summed E-state index contributed by atoms with van der Waals surface area (Å²) in [5.41, 5.74) is 2.17. The van der Waals surface area contributed by atoms with Gasteiger partial charge in [0.2, 0.25) is 17.6 Å². The van der Waals surface area contributed by atoms with Crippen LogP contribution in [-0.2, 0) is 17.8 Å². The Balaban J connectivity index is 1.21. The molecule has 1 saturated heterocycles. The SMILES string of the molecule is Cc1ccc(-c2noc(CN3CCN(C(C)C(=O)NCCc4cccs4)CC3)n2)cc1. The molecule has 2 aromatic heterocycles. The summed E-state index contributed by atoms with van der Waals surface area (Å²) in [6.07, 6.45) is 0.888. The number of nitrogens with one attached hydrogen (secondary N) is 1. The summed E-state index contributed by atoms with van der Waals surface area (Å²) in [6.45, 7) is 8.79. The number of aryl methyl sites for hydroxylation is 1. The number of aromatic nitrogens is 2. The molecule has 1 aliphatic heterocycles. The van der Waals surface area contributed by atoms with E-state index in [1.807, 2.05) is 37.3 Å². The molecule has 31 heavy (non-hydrogen) atoms. The van der Waals surface area contributed by atoms with Gasteiger partial charge in [-0.05, 0) is 31.7 Å². The van der Waals surface area contributed by atoms with Gasteiger partial charge in [-0.25, -0.2) is 0 Å². The fraction of sp³-hybridized carbons (Fsp3) is 0.435. The van der Waals surface area contributed by atoms with Crippen molar-refractivity contribution in [2.45, 2.75) is 32.9 Å². The minimum Gasteiger partial charge on any atom is -0.354 e. The van der Waals surface area contributed by atoms with Crippen molar-refractivity contribution in [1.29, 1.82) is 0 Å². The summed E-state index contributed by atoms with van der Waals surface area (Å²) in [7, 11) is 0. The summed E-state index contributed by atoms with van der Waals surface area (Å²) in [4.78, 5) is 22.9. The molecule has 1 amide bonds. The molecule has 0 radical (unpaired) electrons. The number of nitrogens with zero attached hydrogens (tertiary/aromatic N) is 4. The van der Waals surface area contributed by atoms with E-state index in [0.29, 0.717) is 24.8 Å². The van der Waals surface area contributed by atoms with Crippen LogP contribution in [0.3, 0.4) is 0 Å². The molecule has 164 valence electrons. The van der Waals surface area contributed by atoms with Crippen LogP contribution in [0.25, 0.3) is 11.4 Å². The Labute approximate surface area is 187 Å². The third-order valence-electron chi connectivity index (χ3n) is 5.72. The quantitative estimate of drug-likeness (QED) is 0.582. The van der Waals surface area contributed by atoms with Crippen molar-refractivity contribution in [2.24, 2.45) is 0 Å². The van der Waals surface area contributed by atoms with E-state index in [0.717, 1.165) is 38.2 Å². The zero-order valence-electron chi connectivity index (χ0n) is 18.1. The molecule has 1 aliphatic rings. The smallest absolute Gasteiger partial charge is 0.241 e. The van der Waals surface area contributed by atoms with E-state index in [9.17, 15) is 4.79 Å². The Morgan fingerprint density at radius 3 is 2.68 bits per heavy atom. The van der Waals surface area contributed by atoms with Crippen molar-refractivity contribution in [2.75, 3.05) is 32.7 Å². The monoisotopic (exact) mass is 439 g/mol. The van der Waals surface area contributed by atoms with Gasteiger partial charge in [0.15, 0.2) is 0 Å². The van der Waals surface area contributed by atoms with Gasteiger partial charge in [-0.15, -0.1) is 11.3 Å². The van der Waals surface area contributed by atoms with Crippen molar-refractivity contribution < 1.29 is 9.32 Å². The van der Waals surface area contributed by atoms with Gasteiger partial charge in [0.05, 0.1) is 12.6 Å². The number of hydrogen-bond acceptors (Lipinski definition) is 7. The first-order valence-electron chi connectivity index (χ1n) is 10.7. The highest BCUT2D eigenvalue weighted by atomic mass is 32.1. The molecule has 3 heterocycles. The Morgan fingerprint density at radius 1 is 1.19 bits per heavy atom. The van der Waals surface area contributed by atoms with E-state index in [1.54, 1.807) is 11.3 Å². The topological polar surface area (TPSA) is 74.5 Å². The van der Waals surface area contributed by atoms with E-state index in [-0.39, 0.29) is 11.9 Å². The van der Waals surface area contributed by atoms with Crippen LogP contribution < -0.4 is 5.32 Å². The molecular weight excluding hydrogens is 410 g/mol. The summed E-state index contributed by atoms with van der Waals surface area (Å²) in [5.74, 6) is 1.36. The number of carbonyl (C=O) groups is 1. The number of thiophene rings is 1. The fourth-order valence-electron chi connectivity index (χ4n) is 3.72. The highest BCUT2D eigenvalue weighted by molar-refractivity contribution is 7.09. The lowest BCUT2D eigenvalue weighted by Crippen LogP contribution is -2.53. The molecule has 0 spiro atoms. The molecule has 0 bridgehead atoms. The van der Waals surface area contributed by atoms with E-state index in [2.05, 4.69) is 43.6 Å². The Morgan fingerprint density at radius 2 is 1.97 bits per heavy atom. The van der Waals surface area contributed by atoms with Gasteiger partial charge in [-0.3, -0.25) is 14.6 Å². The van der Waals surface area contributed by atoms with Crippen LogP contribution in [0.4, 0.5) is 0 Å². The predicted molar refractivity (Wildman–Crippen MR) is 122 cm³/mol. The second-order valence-electron chi connectivity index (χ2n) is 7.99. The van der Waals surface area contributed by atoms with Gasteiger partial charge in [0.25, 0.3) is 0 Å². The zero-order valence-corrected chi connectivity index (χ0v) is 18.9. The summed E-state index contributed by atoms with van der Waals surface area (Å²) < 4.78 is 5.46. The molecule has 0 saturated carbocycles. The van der Waals surface area contributed by atoms with Crippen LogP contribution in [0, 0.1) is 6.92 Å². The second-order valence-corrected chi connectivity index (χ2v) is 9.02. The molecule has 1 atom stereocenters. The van der Waals surface area contributed by atoms with Gasteiger partial charge < -0.3 is 9.84 Å². The van der Waals surface area contributed by atoms with Crippen LogP contribution in [0.15, 0.2) is 46.3 Å². The van der Waals surface area contributed by atoms with Crippen molar-refractivity contribution in [3.8, 4) is 11.4 Å². The van der Waals surface area contributed by atoms with Crippen LogP contribution in [-0.4, -0.2) is 64.6 Å². The van der Waals surface area contributed by atoms with E-state index in [1.165, 1.54) is 10.4 Å². The zero-order chi connectivity index (χ0) is 21.6. The molecule has 0 aliphatic carbocycles. The Kier molecular flexibility index (Phi) is 7.11.